The first kappa shape index (κ1) is 21.9. The van der Waals surface area contributed by atoms with E-state index in [4.69, 9.17) is 4.74 Å². The molecule has 174 valence electrons. The number of nitrogens with zero attached hydrogens (tertiary/aromatic N) is 5. The summed E-state index contributed by atoms with van der Waals surface area (Å²) in [7, 11) is 1.33. The maximum absolute atomic E-state index is 14.6. The summed E-state index contributed by atoms with van der Waals surface area (Å²) in [6.45, 7) is 2.36. The van der Waals surface area contributed by atoms with Crippen LogP contribution < -0.4 is 5.43 Å². The fraction of sp³-hybridized carbons (Fsp3) is 0.250. The Morgan fingerprint density at radius 1 is 1.24 bits per heavy atom. The largest absolute Gasteiger partial charge is 0.468 e. The second-order valence-electron chi connectivity index (χ2n) is 8.09. The van der Waals surface area contributed by atoms with E-state index in [1.807, 2.05) is 23.8 Å². The van der Waals surface area contributed by atoms with E-state index in [2.05, 4.69) is 20.4 Å². The molecule has 0 spiro atoms. The van der Waals surface area contributed by atoms with Gasteiger partial charge in [-0.05, 0) is 55.7 Å². The minimum Gasteiger partial charge on any atom is -0.468 e. The zero-order valence-corrected chi connectivity index (χ0v) is 18.6. The number of pyridine rings is 1. The van der Waals surface area contributed by atoms with E-state index in [0.29, 0.717) is 24.2 Å². The van der Waals surface area contributed by atoms with E-state index < -0.39 is 11.9 Å². The lowest BCUT2D eigenvalue weighted by atomic mass is 10.2. The molecule has 1 aliphatic rings. The summed E-state index contributed by atoms with van der Waals surface area (Å²) in [4.78, 5) is 25.2. The Kier molecular flexibility index (Phi) is 5.66. The summed E-state index contributed by atoms with van der Waals surface area (Å²) in [5, 5.41) is 2.39. The molecule has 0 radical (unpaired) electrons. The summed E-state index contributed by atoms with van der Waals surface area (Å²) < 4.78 is 35.0. The fourth-order valence-corrected chi connectivity index (χ4v) is 4.30. The Morgan fingerprint density at radius 3 is 2.88 bits per heavy atom. The van der Waals surface area contributed by atoms with Crippen molar-refractivity contribution < 1.29 is 18.3 Å². The first-order valence-corrected chi connectivity index (χ1v) is 10.8. The van der Waals surface area contributed by atoms with Crippen molar-refractivity contribution >= 4 is 22.8 Å². The van der Waals surface area contributed by atoms with E-state index in [-0.39, 0.29) is 23.4 Å². The van der Waals surface area contributed by atoms with Crippen molar-refractivity contribution in [2.24, 2.45) is 0 Å². The Bertz CT molecular complexity index is 1390. The number of carbonyl (C=O) groups excluding carboxylic acids is 1. The van der Waals surface area contributed by atoms with Crippen LogP contribution in [0.25, 0.3) is 28.1 Å². The molecule has 0 amide bonds. The van der Waals surface area contributed by atoms with Gasteiger partial charge in [-0.3, -0.25) is 10.2 Å². The number of carbonyl (C=O) groups is 1. The lowest BCUT2D eigenvalue weighted by Crippen LogP contribution is -2.41. The van der Waals surface area contributed by atoms with Crippen LogP contribution in [0.15, 0.2) is 48.9 Å². The lowest BCUT2D eigenvalue weighted by molar-refractivity contribution is -0.145. The van der Waals surface area contributed by atoms with Crippen LogP contribution in [0, 0.1) is 18.6 Å². The van der Waals surface area contributed by atoms with Gasteiger partial charge in [-0.2, -0.15) is 0 Å². The van der Waals surface area contributed by atoms with Crippen LogP contribution in [-0.2, 0) is 9.53 Å². The highest BCUT2D eigenvalue weighted by Crippen LogP contribution is 2.32. The molecular formula is C24H22F2N6O2. The van der Waals surface area contributed by atoms with Gasteiger partial charge in [0, 0.05) is 29.9 Å². The number of benzene rings is 1. The molecule has 8 nitrogen and oxygen atoms in total. The molecule has 0 saturated carbocycles. The number of anilines is 1. The van der Waals surface area contributed by atoms with Gasteiger partial charge in [-0.1, -0.05) is 0 Å². The van der Waals surface area contributed by atoms with Crippen LogP contribution in [0.2, 0.25) is 0 Å². The highest BCUT2D eigenvalue weighted by Gasteiger charge is 2.32. The van der Waals surface area contributed by atoms with Gasteiger partial charge in [0.25, 0.3) is 0 Å². The Morgan fingerprint density at radius 2 is 2.09 bits per heavy atom. The van der Waals surface area contributed by atoms with Gasteiger partial charge in [0.05, 0.1) is 19.0 Å². The van der Waals surface area contributed by atoms with Crippen LogP contribution in [0.3, 0.4) is 0 Å². The zero-order chi connectivity index (χ0) is 23.8. The second kappa shape index (κ2) is 8.79. The van der Waals surface area contributed by atoms with Crippen molar-refractivity contribution in [2.75, 3.05) is 19.1 Å². The SMILES string of the molecule is COC(=O)[C@@H]1CCCN1Nc1nc(-c2cn(-c3ccc(F)cc3C)c3ncccc23)ncc1F. The maximum atomic E-state index is 14.6. The van der Waals surface area contributed by atoms with E-state index in [1.54, 1.807) is 23.3 Å². The average Bonchev–Trinajstić information content (AvgIpc) is 3.45. The summed E-state index contributed by atoms with van der Waals surface area (Å²) >= 11 is 0. The third-order valence-corrected chi connectivity index (χ3v) is 5.94. The molecule has 0 aliphatic carbocycles. The molecule has 1 N–H and O–H groups in total. The molecule has 4 heterocycles. The van der Waals surface area contributed by atoms with Crippen molar-refractivity contribution in [1.29, 1.82) is 0 Å². The predicted octanol–water partition coefficient (Wildman–Crippen LogP) is 4.03. The van der Waals surface area contributed by atoms with Gasteiger partial charge in [0.1, 0.15) is 17.5 Å². The van der Waals surface area contributed by atoms with Crippen LogP contribution in [0.4, 0.5) is 14.6 Å². The van der Waals surface area contributed by atoms with Gasteiger partial charge in [-0.15, -0.1) is 0 Å². The summed E-state index contributed by atoms with van der Waals surface area (Å²) in [5.74, 6) is -1.10. The molecule has 1 saturated heterocycles. The average molecular weight is 464 g/mol. The van der Waals surface area contributed by atoms with Crippen molar-refractivity contribution in [3.63, 3.8) is 0 Å². The van der Waals surface area contributed by atoms with Crippen LogP contribution in [0.5, 0.6) is 0 Å². The number of aromatic nitrogens is 4. The number of hydrogen-bond acceptors (Lipinski definition) is 7. The summed E-state index contributed by atoms with van der Waals surface area (Å²) in [5.41, 5.74) is 5.70. The van der Waals surface area contributed by atoms with Crippen molar-refractivity contribution in [3.05, 3.63) is 66.1 Å². The maximum Gasteiger partial charge on any atom is 0.324 e. The van der Waals surface area contributed by atoms with E-state index in [9.17, 15) is 13.6 Å². The Hall–Kier alpha value is -3.92. The van der Waals surface area contributed by atoms with Gasteiger partial charge in [-0.25, -0.2) is 28.7 Å². The molecule has 10 heteroatoms. The van der Waals surface area contributed by atoms with E-state index in [0.717, 1.165) is 29.3 Å². The molecule has 0 unspecified atom stereocenters. The number of methoxy groups -OCH3 is 1. The molecule has 3 aromatic heterocycles. The van der Waals surface area contributed by atoms with Gasteiger partial charge in [0.2, 0.25) is 0 Å². The number of fused-ring (bicyclic) bond motifs is 1. The minimum absolute atomic E-state index is 0.0384. The highest BCUT2D eigenvalue weighted by atomic mass is 19.1. The fourth-order valence-electron chi connectivity index (χ4n) is 4.30. The first-order valence-electron chi connectivity index (χ1n) is 10.8. The number of halogens is 2. The van der Waals surface area contributed by atoms with Crippen LogP contribution >= 0.6 is 0 Å². The monoisotopic (exact) mass is 464 g/mol. The quantitative estimate of drug-likeness (QED) is 0.446. The predicted molar refractivity (Wildman–Crippen MR) is 122 cm³/mol. The molecule has 4 aromatic rings. The third kappa shape index (κ3) is 3.86. The number of hydrogen-bond donors (Lipinski definition) is 1. The number of aryl methyl sites for hydroxylation is 1. The first-order chi connectivity index (χ1) is 16.5. The molecule has 5 rings (SSSR count). The highest BCUT2D eigenvalue weighted by molar-refractivity contribution is 5.93. The number of nitrogens with one attached hydrogen (secondary N) is 1. The number of hydrazine groups is 1. The Labute approximate surface area is 194 Å². The van der Waals surface area contributed by atoms with E-state index in [1.165, 1.54) is 19.2 Å². The molecule has 1 atom stereocenters. The van der Waals surface area contributed by atoms with Gasteiger partial charge >= 0.3 is 5.97 Å². The number of esters is 1. The lowest BCUT2D eigenvalue weighted by Gasteiger charge is -2.23. The van der Waals surface area contributed by atoms with Crippen molar-refractivity contribution in [2.45, 2.75) is 25.8 Å². The Balaban J connectivity index is 1.57. The standard InChI is InChI=1S/C24H22F2N6O2/c1-14-11-15(25)7-8-19(14)31-13-17(16-5-3-9-27-23(16)31)21-28-12-18(26)22(29-21)30-32-10-4-6-20(32)24(33)34-2/h3,5,7-9,11-13,20H,4,6,10H2,1-2H3,(H,28,29,30)/t20-/m0/s1. The van der Waals surface area contributed by atoms with Crippen molar-refractivity contribution in [1.82, 2.24) is 24.5 Å². The normalized spacial score (nSPS) is 16.2. The minimum atomic E-state index is -0.643. The topological polar surface area (TPSA) is 85.2 Å². The smallest absolute Gasteiger partial charge is 0.324 e. The second-order valence-corrected chi connectivity index (χ2v) is 8.09. The molecule has 34 heavy (non-hydrogen) atoms. The van der Waals surface area contributed by atoms with Gasteiger partial charge in [0.15, 0.2) is 17.5 Å². The molecule has 1 aliphatic heterocycles. The summed E-state index contributed by atoms with van der Waals surface area (Å²) in [6.07, 6.45) is 5.94. The third-order valence-electron chi connectivity index (χ3n) is 5.94. The van der Waals surface area contributed by atoms with Crippen LogP contribution in [0.1, 0.15) is 18.4 Å². The molecule has 0 bridgehead atoms. The summed E-state index contributed by atoms with van der Waals surface area (Å²) in [6, 6.07) is 7.67. The zero-order valence-electron chi connectivity index (χ0n) is 18.6. The molecule has 1 fully saturated rings. The van der Waals surface area contributed by atoms with Crippen molar-refractivity contribution in [3.8, 4) is 17.1 Å². The van der Waals surface area contributed by atoms with Crippen LogP contribution in [-0.4, -0.2) is 50.2 Å². The van der Waals surface area contributed by atoms with Gasteiger partial charge < -0.3 is 9.30 Å². The number of rotatable bonds is 5. The molecule has 1 aromatic carbocycles. The van der Waals surface area contributed by atoms with E-state index >= 15 is 0 Å². The molecular weight excluding hydrogens is 442 g/mol. The number of ether oxygens (including phenoxy) is 1.